The minimum Gasteiger partial charge on any atom is -0.324 e. The first-order valence-electron chi connectivity index (χ1n) is 4.68. The second-order valence-electron chi connectivity index (χ2n) is 3.63. The minimum absolute atomic E-state index is 0.278. The monoisotopic (exact) mass is 161 g/mol. The van der Waals surface area contributed by atoms with Gasteiger partial charge in [0.05, 0.1) is 0 Å². The summed E-state index contributed by atoms with van der Waals surface area (Å²) in [7, 11) is 0. The molecule has 0 saturated heterocycles. The molecule has 0 amide bonds. The number of hydrogen-bond donors (Lipinski definition) is 1. The molecule has 2 rings (SSSR count). The molecular formula is C11H15N. The Morgan fingerprint density at radius 3 is 2.33 bits per heavy atom. The molecule has 0 unspecified atom stereocenters. The van der Waals surface area contributed by atoms with Crippen molar-refractivity contribution >= 4 is 0 Å². The van der Waals surface area contributed by atoms with Gasteiger partial charge in [0.25, 0.3) is 0 Å². The molecule has 1 aliphatic carbocycles. The smallest absolute Gasteiger partial charge is 0.0323 e. The van der Waals surface area contributed by atoms with Crippen LogP contribution in [0.2, 0.25) is 0 Å². The Morgan fingerprint density at radius 1 is 1.17 bits per heavy atom. The second-order valence-corrected chi connectivity index (χ2v) is 3.63. The SMILES string of the molecule is N[C@H](c1ccccc1)C1CCC1. The summed E-state index contributed by atoms with van der Waals surface area (Å²) >= 11 is 0. The second kappa shape index (κ2) is 3.28. The molecule has 2 N–H and O–H groups in total. The Bertz CT molecular complexity index is 238. The lowest BCUT2D eigenvalue weighted by molar-refractivity contribution is 0.264. The van der Waals surface area contributed by atoms with Gasteiger partial charge >= 0.3 is 0 Å². The van der Waals surface area contributed by atoms with Gasteiger partial charge in [0.2, 0.25) is 0 Å². The Morgan fingerprint density at radius 2 is 1.83 bits per heavy atom. The van der Waals surface area contributed by atoms with Gasteiger partial charge in [0, 0.05) is 6.04 Å². The largest absolute Gasteiger partial charge is 0.324 e. The normalized spacial score (nSPS) is 20.1. The summed E-state index contributed by atoms with van der Waals surface area (Å²) < 4.78 is 0. The number of nitrogens with two attached hydrogens (primary N) is 1. The molecule has 0 radical (unpaired) electrons. The molecule has 0 bridgehead atoms. The van der Waals surface area contributed by atoms with Gasteiger partial charge in [0.1, 0.15) is 0 Å². The van der Waals surface area contributed by atoms with Gasteiger partial charge in [-0.15, -0.1) is 0 Å². The van der Waals surface area contributed by atoms with E-state index in [1.165, 1.54) is 24.8 Å². The van der Waals surface area contributed by atoms with Gasteiger partial charge in [-0.3, -0.25) is 0 Å². The van der Waals surface area contributed by atoms with E-state index in [0.29, 0.717) is 0 Å². The first-order valence-corrected chi connectivity index (χ1v) is 4.68. The maximum Gasteiger partial charge on any atom is 0.0323 e. The van der Waals surface area contributed by atoms with E-state index in [1.807, 2.05) is 6.07 Å². The zero-order chi connectivity index (χ0) is 8.39. The highest BCUT2D eigenvalue weighted by molar-refractivity contribution is 5.19. The summed E-state index contributed by atoms with van der Waals surface area (Å²) in [6.45, 7) is 0. The Balaban J connectivity index is 2.08. The van der Waals surface area contributed by atoms with Gasteiger partial charge in [-0.2, -0.15) is 0 Å². The minimum atomic E-state index is 0.278. The lowest BCUT2D eigenvalue weighted by Gasteiger charge is -2.31. The van der Waals surface area contributed by atoms with Crippen molar-refractivity contribution in [2.75, 3.05) is 0 Å². The maximum atomic E-state index is 6.10. The van der Waals surface area contributed by atoms with Crippen molar-refractivity contribution in [3.8, 4) is 0 Å². The highest BCUT2D eigenvalue weighted by Gasteiger charge is 2.24. The molecule has 0 heterocycles. The molecule has 1 fully saturated rings. The van der Waals surface area contributed by atoms with E-state index in [1.54, 1.807) is 0 Å². The molecule has 12 heavy (non-hydrogen) atoms. The number of hydrogen-bond acceptors (Lipinski definition) is 1. The van der Waals surface area contributed by atoms with Crippen molar-refractivity contribution in [3.63, 3.8) is 0 Å². The van der Waals surface area contributed by atoms with Gasteiger partial charge < -0.3 is 5.73 Å². The average Bonchev–Trinajstić information content (AvgIpc) is 2.03. The molecule has 1 aromatic carbocycles. The summed E-state index contributed by atoms with van der Waals surface area (Å²) in [6.07, 6.45) is 4.00. The Labute approximate surface area is 73.6 Å². The van der Waals surface area contributed by atoms with Crippen LogP contribution < -0.4 is 5.73 Å². The third-order valence-corrected chi connectivity index (χ3v) is 2.84. The predicted octanol–water partition coefficient (Wildman–Crippen LogP) is 2.49. The van der Waals surface area contributed by atoms with E-state index < -0.39 is 0 Å². The number of rotatable bonds is 2. The third kappa shape index (κ3) is 1.37. The van der Waals surface area contributed by atoms with E-state index in [-0.39, 0.29) is 6.04 Å². The fourth-order valence-electron chi connectivity index (χ4n) is 1.75. The summed E-state index contributed by atoms with van der Waals surface area (Å²) in [5.74, 6) is 0.743. The van der Waals surface area contributed by atoms with Crippen LogP contribution >= 0.6 is 0 Å². The van der Waals surface area contributed by atoms with E-state index in [4.69, 9.17) is 5.73 Å². The van der Waals surface area contributed by atoms with Crippen LogP contribution in [0, 0.1) is 5.92 Å². The van der Waals surface area contributed by atoms with Crippen molar-refractivity contribution in [3.05, 3.63) is 35.9 Å². The standard InChI is InChI=1S/C11H15N/c12-11(10-7-4-8-10)9-5-2-1-3-6-9/h1-3,5-6,10-11H,4,7-8,12H2/t11-/m1/s1. The van der Waals surface area contributed by atoms with Crippen molar-refractivity contribution < 1.29 is 0 Å². The van der Waals surface area contributed by atoms with Crippen LogP contribution in [0.15, 0.2) is 30.3 Å². The summed E-state index contributed by atoms with van der Waals surface area (Å²) in [5.41, 5.74) is 7.39. The first kappa shape index (κ1) is 7.81. The molecule has 0 aliphatic heterocycles. The molecule has 1 aromatic rings. The van der Waals surface area contributed by atoms with Gasteiger partial charge in [-0.25, -0.2) is 0 Å². The number of benzene rings is 1. The van der Waals surface area contributed by atoms with Crippen LogP contribution in [0.3, 0.4) is 0 Å². The molecule has 64 valence electrons. The van der Waals surface area contributed by atoms with Gasteiger partial charge in [0.15, 0.2) is 0 Å². The molecule has 1 aliphatic rings. The zero-order valence-corrected chi connectivity index (χ0v) is 7.24. The lowest BCUT2D eigenvalue weighted by Crippen LogP contribution is -2.26. The van der Waals surface area contributed by atoms with Crippen LogP contribution in [-0.4, -0.2) is 0 Å². The first-order chi connectivity index (χ1) is 5.88. The molecule has 0 spiro atoms. The lowest BCUT2D eigenvalue weighted by atomic mass is 9.78. The summed E-state index contributed by atoms with van der Waals surface area (Å²) in [4.78, 5) is 0. The van der Waals surface area contributed by atoms with Gasteiger partial charge in [-0.05, 0) is 24.3 Å². The Hall–Kier alpha value is -0.820. The van der Waals surface area contributed by atoms with Crippen molar-refractivity contribution in [2.24, 2.45) is 11.7 Å². The van der Waals surface area contributed by atoms with Crippen LogP contribution in [0.25, 0.3) is 0 Å². The molecular weight excluding hydrogens is 146 g/mol. The molecule has 1 nitrogen and oxygen atoms in total. The molecule has 1 atom stereocenters. The van der Waals surface area contributed by atoms with Crippen LogP contribution in [0.5, 0.6) is 0 Å². The van der Waals surface area contributed by atoms with Crippen LogP contribution in [0.4, 0.5) is 0 Å². The topological polar surface area (TPSA) is 26.0 Å². The van der Waals surface area contributed by atoms with Crippen molar-refractivity contribution in [1.82, 2.24) is 0 Å². The molecule has 0 aromatic heterocycles. The van der Waals surface area contributed by atoms with Crippen LogP contribution in [0.1, 0.15) is 30.9 Å². The molecule has 1 saturated carbocycles. The highest BCUT2D eigenvalue weighted by atomic mass is 14.7. The quantitative estimate of drug-likeness (QED) is 0.708. The van der Waals surface area contributed by atoms with E-state index >= 15 is 0 Å². The van der Waals surface area contributed by atoms with Crippen molar-refractivity contribution in [1.29, 1.82) is 0 Å². The summed E-state index contributed by atoms with van der Waals surface area (Å²) in [5, 5.41) is 0. The fourth-order valence-corrected chi connectivity index (χ4v) is 1.75. The average molecular weight is 161 g/mol. The zero-order valence-electron chi connectivity index (χ0n) is 7.24. The van der Waals surface area contributed by atoms with Crippen LogP contribution in [-0.2, 0) is 0 Å². The van der Waals surface area contributed by atoms with Gasteiger partial charge in [-0.1, -0.05) is 36.8 Å². The molecule has 1 heteroatoms. The predicted molar refractivity (Wildman–Crippen MR) is 50.7 cm³/mol. The highest BCUT2D eigenvalue weighted by Crippen LogP contribution is 2.35. The third-order valence-electron chi connectivity index (χ3n) is 2.84. The fraction of sp³-hybridized carbons (Fsp3) is 0.455. The van der Waals surface area contributed by atoms with E-state index in [0.717, 1.165) is 5.92 Å². The Kier molecular flexibility index (Phi) is 2.13. The van der Waals surface area contributed by atoms with E-state index in [2.05, 4.69) is 24.3 Å². The summed E-state index contributed by atoms with van der Waals surface area (Å²) in [6, 6.07) is 10.7. The van der Waals surface area contributed by atoms with E-state index in [9.17, 15) is 0 Å². The van der Waals surface area contributed by atoms with Crippen molar-refractivity contribution in [2.45, 2.75) is 25.3 Å². The maximum absolute atomic E-state index is 6.10.